The summed E-state index contributed by atoms with van der Waals surface area (Å²) in [5.74, 6) is 3.11. The lowest BCUT2D eigenvalue weighted by Crippen LogP contribution is -2.38. The van der Waals surface area contributed by atoms with E-state index in [4.69, 9.17) is 21.6 Å². The third kappa shape index (κ3) is 4.93. The van der Waals surface area contributed by atoms with Crippen molar-refractivity contribution in [2.45, 2.75) is 13.0 Å². The van der Waals surface area contributed by atoms with Gasteiger partial charge in [0, 0.05) is 35.9 Å². The van der Waals surface area contributed by atoms with Crippen LogP contribution in [0.3, 0.4) is 0 Å². The summed E-state index contributed by atoms with van der Waals surface area (Å²) in [5.41, 5.74) is 8.74. The number of rotatable bonds is 7. The number of terminal acetylenes is 1. The first-order valence-corrected chi connectivity index (χ1v) is 9.24. The van der Waals surface area contributed by atoms with Gasteiger partial charge in [-0.25, -0.2) is 4.99 Å². The number of aromatic nitrogens is 1. The summed E-state index contributed by atoms with van der Waals surface area (Å²) < 4.78 is 11.0. The molecule has 0 bridgehead atoms. The molecule has 1 aromatic heterocycles. The number of aliphatic imine (C=N–C) groups is 1. The molecule has 2 aromatic rings. The number of aryl methyl sites for hydroxylation is 1. The molecule has 0 unspecified atom stereocenters. The van der Waals surface area contributed by atoms with Crippen LogP contribution in [0, 0.1) is 19.3 Å². The number of carbonyl (C=O) groups excluding carboxylic acids is 1. The van der Waals surface area contributed by atoms with Crippen molar-refractivity contribution >= 4 is 17.7 Å². The summed E-state index contributed by atoms with van der Waals surface area (Å²) >= 11 is 0. The van der Waals surface area contributed by atoms with E-state index in [1.807, 2.05) is 19.1 Å². The maximum absolute atomic E-state index is 12.4. The van der Waals surface area contributed by atoms with Gasteiger partial charge in [0.1, 0.15) is 17.7 Å². The molecule has 3 N–H and O–H groups in total. The topological polar surface area (TPSA) is 98.8 Å². The highest BCUT2D eigenvalue weighted by atomic mass is 16.6. The number of amides is 1. The van der Waals surface area contributed by atoms with E-state index in [2.05, 4.69) is 27.8 Å². The summed E-state index contributed by atoms with van der Waals surface area (Å²) in [6.07, 6.45) is 11.4. The molecule has 1 amide bonds. The quantitative estimate of drug-likeness (QED) is 0.547. The number of pyridine rings is 1. The van der Waals surface area contributed by atoms with Crippen LogP contribution >= 0.6 is 0 Å². The largest absolute Gasteiger partial charge is 0.486 e. The number of allylic oxidation sites excluding steroid dienone is 1. The van der Waals surface area contributed by atoms with Crippen molar-refractivity contribution in [3.63, 3.8) is 0 Å². The van der Waals surface area contributed by atoms with Crippen LogP contribution in [0.2, 0.25) is 0 Å². The summed E-state index contributed by atoms with van der Waals surface area (Å²) in [7, 11) is 0. The molecule has 1 saturated heterocycles. The monoisotopic (exact) mass is 402 g/mol. The molecule has 0 saturated carbocycles. The fourth-order valence-corrected chi connectivity index (χ4v) is 2.68. The number of hydrogen-bond donors (Lipinski definition) is 2. The molecular weight excluding hydrogens is 380 g/mol. The number of nitrogens with two attached hydrogens (primary N) is 1. The zero-order valence-corrected chi connectivity index (χ0v) is 16.6. The first-order chi connectivity index (χ1) is 14.5. The Morgan fingerprint density at radius 2 is 2.23 bits per heavy atom. The average Bonchev–Trinajstić information content (AvgIpc) is 2.73. The van der Waals surface area contributed by atoms with Crippen LogP contribution in [0.5, 0.6) is 5.75 Å². The van der Waals surface area contributed by atoms with Gasteiger partial charge in [-0.2, -0.15) is 0 Å². The zero-order chi connectivity index (χ0) is 21.5. The number of ether oxygens (including phenoxy) is 2. The molecule has 1 aliphatic heterocycles. The molecule has 0 spiro atoms. The van der Waals surface area contributed by atoms with Gasteiger partial charge in [0.2, 0.25) is 0 Å². The Hall–Kier alpha value is -3.89. The van der Waals surface area contributed by atoms with Crippen LogP contribution in [-0.2, 0) is 4.74 Å². The van der Waals surface area contributed by atoms with Gasteiger partial charge in [-0.15, -0.1) is 6.42 Å². The molecule has 7 heteroatoms. The molecule has 0 radical (unpaired) electrons. The summed E-state index contributed by atoms with van der Waals surface area (Å²) in [6, 6.07) is 7.15. The van der Waals surface area contributed by atoms with Gasteiger partial charge >= 0.3 is 0 Å². The highest BCUT2D eigenvalue weighted by molar-refractivity contribution is 6.10. The molecule has 0 aliphatic carbocycles. The number of carbonyl (C=O) groups is 1. The number of hydrogen-bond acceptors (Lipinski definition) is 6. The second kappa shape index (κ2) is 9.54. The van der Waals surface area contributed by atoms with Crippen LogP contribution in [0.15, 0.2) is 60.3 Å². The second-order valence-electron chi connectivity index (χ2n) is 6.61. The predicted octanol–water partition coefficient (Wildman–Crippen LogP) is 2.42. The van der Waals surface area contributed by atoms with Gasteiger partial charge in [0.25, 0.3) is 5.91 Å². The van der Waals surface area contributed by atoms with Gasteiger partial charge in [-0.05, 0) is 42.3 Å². The van der Waals surface area contributed by atoms with Crippen LogP contribution in [0.4, 0.5) is 0 Å². The smallest absolute Gasteiger partial charge is 0.258 e. The van der Waals surface area contributed by atoms with Crippen molar-refractivity contribution < 1.29 is 14.3 Å². The third-order valence-corrected chi connectivity index (χ3v) is 4.45. The van der Waals surface area contributed by atoms with Gasteiger partial charge in [-0.3, -0.25) is 9.78 Å². The van der Waals surface area contributed by atoms with Crippen molar-refractivity contribution in [2.24, 2.45) is 10.7 Å². The van der Waals surface area contributed by atoms with Crippen LogP contribution in [-0.4, -0.2) is 36.4 Å². The van der Waals surface area contributed by atoms with Gasteiger partial charge < -0.3 is 20.5 Å². The Morgan fingerprint density at radius 3 is 2.87 bits per heavy atom. The molecular formula is C23H22N4O3. The summed E-state index contributed by atoms with van der Waals surface area (Å²) in [6.45, 7) is 6.98. The Balaban J connectivity index is 1.73. The Bertz CT molecular complexity index is 1060. The number of nitrogens with zero attached hydrogens (tertiary/aromatic N) is 2. The molecule has 1 aliphatic rings. The molecule has 30 heavy (non-hydrogen) atoms. The first-order valence-electron chi connectivity index (χ1n) is 9.24. The minimum atomic E-state index is -0.359. The van der Waals surface area contributed by atoms with Crippen LogP contribution in [0.25, 0.3) is 5.57 Å². The fourth-order valence-electron chi connectivity index (χ4n) is 2.68. The first kappa shape index (κ1) is 20.8. The summed E-state index contributed by atoms with van der Waals surface area (Å²) in [4.78, 5) is 20.6. The summed E-state index contributed by atoms with van der Waals surface area (Å²) in [5, 5.41) is 2.65. The van der Waals surface area contributed by atoms with Crippen molar-refractivity contribution in [1.29, 1.82) is 0 Å². The van der Waals surface area contributed by atoms with E-state index in [1.54, 1.807) is 18.3 Å². The molecule has 1 fully saturated rings. The zero-order valence-electron chi connectivity index (χ0n) is 16.6. The van der Waals surface area contributed by atoms with Crippen molar-refractivity contribution in [2.75, 3.05) is 13.2 Å². The molecule has 0 atom stereocenters. The van der Waals surface area contributed by atoms with E-state index in [0.29, 0.717) is 41.2 Å². The van der Waals surface area contributed by atoms with Crippen molar-refractivity contribution in [1.82, 2.24) is 10.3 Å². The van der Waals surface area contributed by atoms with Crippen LogP contribution < -0.4 is 15.8 Å². The van der Waals surface area contributed by atoms with Crippen molar-refractivity contribution in [3.8, 4) is 18.1 Å². The van der Waals surface area contributed by atoms with E-state index in [0.717, 1.165) is 5.56 Å². The van der Waals surface area contributed by atoms with E-state index >= 15 is 0 Å². The molecule has 2 heterocycles. The van der Waals surface area contributed by atoms with Gasteiger partial charge in [-0.1, -0.05) is 12.5 Å². The molecule has 1 aromatic carbocycles. The molecule has 3 rings (SSSR count). The van der Waals surface area contributed by atoms with Crippen LogP contribution in [0.1, 0.15) is 27.0 Å². The van der Waals surface area contributed by atoms with E-state index in [1.165, 1.54) is 18.6 Å². The lowest BCUT2D eigenvalue weighted by molar-refractivity contribution is -0.0796. The van der Waals surface area contributed by atoms with Crippen molar-refractivity contribution in [3.05, 3.63) is 77.5 Å². The highest BCUT2D eigenvalue weighted by Gasteiger charge is 2.20. The maximum atomic E-state index is 12.4. The normalized spacial score (nSPS) is 14.1. The number of nitrogens with one attached hydrogen (secondary N) is 1. The van der Waals surface area contributed by atoms with Gasteiger partial charge in [0.05, 0.1) is 18.8 Å². The third-order valence-electron chi connectivity index (χ3n) is 4.45. The lowest BCUT2D eigenvalue weighted by atomic mass is 10.0. The van der Waals surface area contributed by atoms with Gasteiger partial charge in [0.15, 0.2) is 0 Å². The minimum absolute atomic E-state index is 0.0365. The molecule has 7 nitrogen and oxygen atoms in total. The Morgan fingerprint density at radius 1 is 1.43 bits per heavy atom. The Kier molecular flexibility index (Phi) is 6.63. The highest BCUT2D eigenvalue weighted by Crippen LogP contribution is 2.24. The predicted molar refractivity (Wildman–Crippen MR) is 116 cm³/mol. The average molecular weight is 402 g/mol. The number of benzene rings is 1. The maximum Gasteiger partial charge on any atom is 0.258 e. The fraction of sp³-hybridized carbons (Fsp3) is 0.174. The standard InChI is InChI=1S/C23H22N4O3/c1-4-17-5-6-18(30-19-13-29-14-19)9-20(17)16(3)11-26-22(10-24)27-23(28)21-12-25-8-7-15(21)2/h1,5-12,19H,3,13-14,24H2,2H3,(H,27,28)/b22-10+,26-11-. The van der Waals surface area contributed by atoms with E-state index in [9.17, 15) is 4.79 Å². The SMILES string of the molecule is C#Cc1ccc(OC2COC2)cc1C(=C)/C=N\C(=C/N)NC(=O)c1cnccc1C. The second-order valence-corrected chi connectivity index (χ2v) is 6.61. The van der Waals surface area contributed by atoms with E-state index < -0.39 is 0 Å². The lowest BCUT2D eigenvalue weighted by Gasteiger charge is -2.27. The molecule has 152 valence electrons. The minimum Gasteiger partial charge on any atom is -0.486 e. The Labute approximate surface area is 175 Å². The van der Waals surface area contributed by atoms with E-state index in [-0.39, 0.29) is 17.8 Å².